The molecule has 0 spiro atoms. The zero-order valence-corrected chi connectivity index (χ0v) is 15.5. The molecule has 0 bridgehead atoms. The summed E-state index contributed by atoms with van der Waals surface area (Å²) in [7, 11) is 0. The molecule has 0 saturated heterocycles. The number of rotatable bonds is 1. The second-order valence-electron chi connectivity index (χ2n) is 5.13. The van der Waals surface area contributed by atoms with Gasteiger partial charge in [-0.15, -0.1) is 0 Å². The van der Waals surface area contributed by atoms with Gasteiger partial charge < -0.3 is 5.11 Å². The Balaban J connectivity index is 0. The minimum atomic E-state index is -0.116. The number of hydrogen-bond acceptors (Lipinski definition) is 3. The van der Waals surface area contributed by atoms with Gasteiger partial charge in [-0.2, -0.15) is 0 Å². The molecule has 1 N–H and O–H groups in total. The maximum absolute atomic E-state index is 7.86. The normalized spacial score (nSPS) is 10.3. The van der Waals surface area contributed by atoms with Gasteiger partial charge in [-0.05, 0) is 46.2 Å². The molecule has 0 amide bonds. The lowest BCUT2D eigenvalue weighted by Crippen LogP contribution is -2.10. The van der Waals surface area contributed by atoms with Crippen LogP contribution in [0.4, 0.5) is 0 Å². The summed E-state index contributed by atoms with van der Waals surface area (Å²) in [5, 5.41) is 8.67. The number of pyridine rings is 1. The molecule has 1 heterocycles. The van der Waals surface area contributed by atoms with E-state index in [0.29, 0.717) is 10.3 Å². The van der Waals surface area contributed by atoms with Crippen LogP contribution in [0.1, 0.15) is 52.7 Å². The van der Waals surface area contributed by atoms with Crippen LogP contribution in [0.25, 0.3) is 0 Å². The van der Waals surface area contributed by atoms with Crippen molar-refractivity contribution in [2.24, 2.45) is 4.99 Å². The molecule has 0 aliphatic rings. The van der Waals surface area contributed by atoms with E-state index in [1.54, 1.807) is 12.3 Å². The maximum atomic E-state index is 7.86. The number of aliphatic hydroxyl groups excluding tert-OH is 1. The Morgan fingerprint density at radius 3 is 2.10 bits per heavy atom. The quantitative estimate of drug-likeness (QED) is 0.388. The molecule has 21 heavy (non-hydrogen) atoms. The lowest BCUT2D eigenvalue weighted by molar-refractivity contribution is 0.417. The summed E-state index contributed by atoms with van der Waals surface area (Å²) in [6, 6.07) is 1.78. The molecule has 0 aliphatic carbocycles. The van der Waals surface area contributed by atoms with Gasteiger partial charge in [0.05, 0.1) is 11.3 Å². The van der Waals surface area contributed by atoms with Crippen LogP contribution in [-0.4, -0.2) is 21.8 Å². The number of hydrogen-bond donors (Lipinski definition) is 1. The second-order valence-corrected chi connectivity index (χ2v) is 5.88. The van der Waals surface area contributed by atoms with Crippen LogP contribution >= 0.6 is 23.2 Å². The van der Waals surface area contributed by atoms with E-state index in [1.807, 2.05) is 41.5 Å². The Labute approximate surface area is 138 Å². The van der Waals surface area contributed by atoms with Crippen LogP contribution in [0.2, 0.25) is 10.3 Å². The van der Waals surface area contributed by atoms with Crippen molar-refractivity contribution < 1.29 is 5.11 Å². The molecule has 5 heteroatoms. The summed E-state index contributed by atoms with van der Waals surface area (Å²) in [5.41, 5.74) is 1.69. The van der Waals surface area contributed by atoms with Crippen LogP contribution in [-0.2, 0) is 0 Å². The van der Waals surface area contributed by atoms with Crippen molar-refractivity contribution >= 4 is 29.4 Å². The monoisotopic (exact) mass is 332 g/mol. The first kappa shape index (κ1) is 22.2. The summed E-state index contributed by atoms with van der Waals surface area (Å²) < 4.78 is 0. The number of aliphatic imine (C=N–C) groups is 1. The Morgan fingerprint density at radius 2 is 1.76 bits per heavy atom. The van der Waals surface area contributed by atoms with Crippen molar-refractivity contribution in [1.82, 2.24) is 4.98 Å². The highest BCUT2D eigenvalue weighted by Crippen LogP contribution is 2.20. The van der Waals surface area contributed by atoms with E-state index in [9.17, 15) is 0 Å². The van der Waals surface area contributed by atoms with Crippen molar-refractivity contribution in [2.75, 3.05) is 0 Å². The first-order valence-electron chi connectivity index (χ1n) is 6.75. The standard InChI is InChI=1S/C11H14Cl2N2.C3H6O.C2H6/c1-7-5-9(12)15-10(13)8(7)6-14-11(2,3)4;1-3(2)4;1-2/h5-6H,1-4H3;4H,1H2,2H3;1-2H3. The van der Waals surface area contributed by atoms with Gasteiger partial charge >= 0.3 is 0 Å². The molecule has 0 unspecified atom stereocenters. The molecule has 3 nitrogen and oxygen atoms in total. The van der Waals surface area contributed by atoms with E-state index >= 15 is 0 Å². The first-order valence-corrected chi connectivity index (χ1v) is 7.51. The van der Waals surface area contributed by atoms with E-state index in [4.69, 9.17) is 28.3 Å². The fourth-order valence-corrected chi connectivity index (χ4v) is 1.60. The second kappa shape index (κ2) is 10.6. The third kappa shape index (κ3) is 12.4. The smallest absolute Gasteiger partial charge is 0.139 e. The highest BCUT2D eigenvalue weighted by atomic mass is 35.5. The van der Waals surface area contributed by atoms with E-state index in [0.717, 1.165) is 11.1 Å². The molecule has 120 valence electrons. The third-order valence-corrected chi connectivity index (χ3v) is 2.25. The fraction of sp³-hybridized carbons (Fsp3) is 0.500. The number of aromatic nitrogens is 1. The van der Waals surface area contributed by atoms with Gasteiger partial charge in [0, 0.05) is 11.8 Å². The minimum Gasteiger partial charge on any atom is -0.513 e. The largest absolute Gasteiger partial charge is 0.513 e. The number of allylic oxidation sites excluding steroid dienone is 1. The van der Waals surface area contributed by atoms with Gasteiger partial charge in [0.25, 0.3) is 0 Å². The molecule has 0 aliphatic heterocycles. The first-order chi connectivity index (χ1) is 9.53. The van der Waals surface area contributed by atoms with Crippen molar-refractivity contribution in [3.05, 3.63) is 39.8 Å². The molecule has 0 saturated carbocycles. The van der Waals surface area contributed by atoms with Crippen LogP contribution in [0.15, 0.2) is 23.4 Å². The van der Waals surface area contributed by atoms with E-state index < -0.39 is 0 Å². The predicted molar refractivity (Wildman–Crippen MR) is 95.1 cm³/mol. The highest BCUT2D eigenvalue weighted by Gasteiger charge is 2.08. The Morgan fingerprint density at radius 1 is 1.33 bits per heavy atom. The van der Waals surface area contributed by atoms with Crippen molar-refractivity contribution in [3.8, 4) is 0 Å². The molecule has 1 rings (SSSR count). The van der Waals surface area contributed by atoms with Crippen molar-refractivity contribution in [1.29, 1.82) is 0 Å². The fourth-order valence-electron chi connectivity index (χ4n) is 1.02. The number of halogens is 2. The molecular weight excluding hydrogens is 307 g/mol. The summed E-state index contributed by atoms with van der Waals surface area (Å²) in [5.74, 6) is 0.167. The molecule has 0 atom stereocenters. The molecular formula is C16H26Cl2N2O. The summed E-state index contributed by atoms with van der Waals surface area (Å²) in [4.78, 5) is 8.36. The lowest BCUT2D eigenvalue weighted by Gasteiger charge is -2.11. The van der Waals surface area contributed by atoms with Gasteiger partial charge in [0.2, 0.25) is 0 Å². The van der Waals surface area contributed by atoms with Gasteiger partial charge in [0.15, 0.2) is 0 Å². The van der Waals surface area contributed by atoms with Gasteiger partial charge in [-0.3, -0.25) is 4.99 Å². The van der Waals surface area contributed by atoms with Crippen LogP contribution in [0, 0.1) is 6.92 Å². The van der Waals surface area contributed by atoms with E-state index in [1.165, 1.54) is 6.92 Å². The van der Waals surface area contributed by atoms with E-state index in [-0.39, 0.29) is 11.3 Å². The van der Waals surface area contributed by atoms with E-state index in [2.05, 4.69) is 16.6 Å². The Hall–Kier alpha value is -1.06. The average molecular weight is 333 g/mol. The molecule has 0 radical (unpaired) electrons. The van der Waals surface area contributed by atoms with Crippen LogP contribution < -0.4 is 0 Å². The Bertz CT molecular complexity index is 451. The predicted octanol–water partition coefficient (Wildman–Crippen LogP) is 6.02. The summed E-state index contributed by atoms with van der Waals surface area (Å²) >= 11 is 11.7. The lowest BCUT2D eigenvalue weighted by atomic mass is 10.1. The van der Waals surface area contributed by atoms with Gasteiger partial charge in [-0.25, -0.2) is 4.98 Å². The van der Waals surface area contributed by atoms with Crippen LogP contribution in [0.3, 0.4) is 0 Å². The number of aryl methyl sites for hydroxylation is 1. The van der Waals surface area contributed by atoms with Crippen molar-refractivity contribution in [2.45, 2.75) is 54.0 Å². The third-order valence-electron chi connectivity index (χ3n) is 1.77. The van der Waals surface area contributed by atoms with Crippen LogP contribution in [0.5, 0.6) is 0 Å². The molecule has 0 aromatic carbocycles. The summed E-state index contributed by atoms with van der Waals surface area (Å²) in [6.07, 6.45) is 1.75. The minimum absolute atomic E-state index is 0.116. The maximum Gasteiger partial charge on any atom is 0.139 e. The number of nitrogens with zero attached hydrogens (tertiary/aromatic N) is 2. The molecule has 0 fully saturated rings. The molecule has 1 aromatic rings. The Kier molecular flexibility index (Phi) is 11.3. The topological polar surface area (TPSA) is 45.5 Å². The SMILES string of the molecule is C=C(C)O.CC.Cc1cc(Cl)nc(Cl)c1C=NC(C)(C)C. The number of aliphatic hydroxyl groups is 1. The zero-order chi connectivity index (χ0) is 17.2. The zero-order valence-electron chi connectivity index (χ0n) is 14.0. The average Bonchev–Trinajstić information content (AvgIpc) is 2.27. The van der Waals surface area contributed by atoms with Crippen molar-refractivity contribution in [3.63, 3.8) is 0 Å². The summed E-state index contributed by atoms with van der Waals surface area (Å²) in [6.45, 7) is 16.6. The van der Waals surface area contributed by atoms with Gasteiger partial charge in [-0.1, -0.05) is 43.6 Å². The molecule has 1 aromatic heterocycles. The van der Waals surface area contributed by atoms with Gasteiger partial charge in [0.1, 0.15) is 10.3 Å². The highest BCUT2D eigenvalue weighted by molar-refractivity contribution is 6.34.